The predicted octanol–water partition coefficient (Wildman–Crippen LogP) is 3.88. The van der Waals surface area contributed by atoms with Crippen LogP contribution in [0, 0.1) is 0 Å². The van der Waals surface area contributed by atoms with Crippen molar-refractivity contribution in [2.24, 2.45) is 0 Å². The topological polar surface area (TPSA) is 38.1 Å². The van der Waals surface area contributed by atoms with Crippen LogP contribution in [0.3, 0.4) is 0 Å². The summed E-state index contributed by atoms with van der Waals surface area (Å²) in [5.41, 5.74) is 0.699. The molecule has 8 heteroatoms. The molecular formula is C16H16F3N3OS. The fourth-order valence-corrected chi connectivity index (χ4v) is 2.69. The number of amides is 1. The average Bonchev–Trinajstić information content (AvgIpc) is 2.95. The van der Waals surface area contributed by atoms with Crippen molar-refractivity contribution >= 4 is 31.2 Å². The van der Waals surface area contributed by atoms with Crippen molar-refractivity contribution in [1.82, 2.24) is 9.78 Å². The van der Waals surface area contributed by atoms with Gasteiger partial charge in [0.2, 0.25) is 0 Å². The van der Waals surface area contributed by atoms with E-state index in [1.54, 1.807) is 17.0 Å². The van der Waals surface area contributed by atoms with Gasteiger partial charge >= 0.3 is 6.18 Å². The number of benzene rings is 1. The van der Waals surface area contributed by atoms with Gasteiger partial charge in [-0.2, -0.15) is 31.8 Å². The number of carbonyl (C=O) groups excluding carboxylic acids is 1. The molecule has 0 fully saturated rings. The molecule has 1 aromatic carbocycles. The number of hydrogen-bond acceptors (Lipinski definition) is 2. The lowest BCUT2D eigenvalue weighted by molar-refractivity contribution is -0.137. The van der Waals surface area contributed by atoms with Crippen molar-refractivity contribution < 1.29 is 18.0 Å². The van der Waals surface area contributed by atoms with Crippen molar-refractivity contribution in [3.63, 3.8) is 0 Å². The van der Waals surface area contributed by atoms with Crippen LogP contribution in [-0.4, -0.2) is 22.2 Å². The van der Waals surface area contributed by atoms with Gasteiger partial charge in [0.1, 0.15) is 5.69 Å². The van der Waals surface area contributed by atoms with Crippen molar-refractivity contribution in [2.45, 2.75) is 19.1 Å². The SMILES string of the molecule is C=Cc1cnn2c1C(=O)N(c1ccc(C(F)(F)F)cc1)C[C@@H]2C.S. The Bertz CT molecular complexity index is 768. The van der Waals surface area contributed by atoms with Crippen molar-refractivity contribution in [3.05, 3.63) is 53.9 Å². The number of rotatable bonds is 2. The maximum absolute atomic E-state index is 12.7. The molecule has 1 amide bonds. The molecule has 3 rings (SSSR count). The summed E-state index contributed by atoms with van der Waals surface area (Å²) >= 11 is 0. The smallest absolute Gasteiger partial charge is 0.305 e. The molecule has 0 unspecified atom stereocenters. The summed E-state index contributed by atoms with van der Waals surface area (Å²) in [4.78, 5) is 14.1. The van der Waals surface area contributed by atoms with Gasteiger partial charge in [0.05, 0.1) is 17.8 Å². The predicted molar refractivity (Wildman–Crippen MR) is 90.5 cm³/mol. The third-order valence-electron chi connectivity index (χ3n) is 3.86. The third kappa shape index (κ3) is 2.93. The van der Waals surface area contributed by atoms with Crippen LogP contribution in [0.4, 0.5) is 18.9 Å². The highest BCUT2D eigenvalue weighted by molar-refractivity contribution is 7.59. The molecule has 2 heterocycles. The number of anilines is 1. The maximum Gasteiger partial charge on any atom is 0.416 e. The molecule has 0 bridgehead atoms. The van der Waals surface area contributed by atoms with Crippen molar-refractivity contribution in [2.75, 3.05) is 11.4 Å². The minimum atomic E-state index is -4.40. The maximum atomic E-state index is 12.7. The van der Waals surface area contributed by atoms with Crippen LogP contribution in [0.1, 0.15) is 34.6 Å². The second-order valence-electron chi connectivity index (χ2n) is 5.41. The van der Waals surface area contributed by atoms with Crippen molar-refractivity contribution in [1.29, 1.82) is 0 Å². The van der Waals surface area contributed by atoms with E-state index in [1.807, 2.05) is 6.92 Å². The molecule has 0 aliphatic carbocycles. The zero-order valence-electron chi connectivity index (χ0n) is 12.8. The van der Waals surface area contributed by atoms with Gasteiger partial charge in [0.25, 0.3) is 5.91 Å². The highest BCUT2D eigenvalue weighted by Gasteiger charge is 2.34. The second-order valence-corrected chi connectivity index (χ2v) is 5.41. The van der Waals surface area contributed by atoms with Crippen LogP contribution < -0.4 is 4.90 Å². The Morgan fingerprint density at radius 1 is 1.29 bits per heavy atom. The molecule has 1 aliphatic rings. The highest BCUT2D eigenvalue weighted by atomic mass is 32.1. The molecule has 24 heavy (non-hydrogen) atoms. The Balaban J connectivity index is 0.00000208. The van der Waals surface area contributed by atoms with Gasteiger partial charge in [-0.25, -0.2) is 0 Å². The first-order valence-electron chi connectivity index (χ1n) is 7.02. The quantitative estimate of drug-likeness (QED) is 0.820. The van der Waals surface area contributed by atoms with Crippen LogP contribution in [0.5, 0.6) is 0 Å². The first-order chi connectivity index (χ1) is 10.8. The van der Waals surface area contributed by atoms with E-state index in [0.717, 1.165) is 12.1 Å². The lowest BCUT2D eigenvalue weighted by Crippen LogP contribution is -2.42. The summed E-state index contributed by atoms with van der Waals surface area (Å²) in [6.07, 6.45) is -1.29. The molecule has 0 saturated heterocycles. The number of alkyl halides is 3. The van der Waals surface area contributed by atoms with E-state index in [0.29, 0.717) is 23.5 Å². The molecule has 0 radical (unpaired) electrons. The Morgan fingerprint density at radius 2 is 1.92 bits per heavy atom. The third-order valence-corrected chi connectivity index (χ3v) is 3.86. The molecule has 128 valence electrons. The van der Waals surface area contributed by atoms with E-state index < -0.39 is 11.7 Å². The first-order valence-corrected chi connectivity index (χ1v) is 7.02. The van der Waals surface area contributed by atoms with Gasteiger partial charge in [-0.3, -0.25) is 9.48 Å². The van der Waals surface area contributed by atoms with E-state index in [4.69, 9.17) is 0 Å². The molecule has 1 atom stereocenters. The normalized spacial score (nSPS) is 17.2. The Morgan fingerprint density at radius 3 is 2.46 bits per heavy atom. The molecule has 1 aliphatic heterocycles. The van der Waals surface area contributed by atoms with Gasteiger partial charge in [0.15, 0.2) is 0 Å². The average molecular weight is 355 g/mol. The molecule has 4 nitrogen and oxygen atoms in total. The standard InChI is InChI=1S/C16H14F3N3O.H2S/c1-3-11-8-20-22-10(2)9-21(15(23)14(11)22)13-6-4-12(5-7-13)16(17,18)19;/h3-8,10H,1,9H2,2H3;1H2/t10-;/m0./s1. The van der Waals surface area contributed by atoms with Crippen LogP contribution >= 0.6 is 13.5 Å². The number of hydrogen-bond donors (Lipinski definition) is 0. The van der Waals surface area contributed by atoms with Crippen LogP contribution in [0.2, 0.25) is 0 Å². The Labute approximate surface area is 144 Å². The zero-order valence-corrected chi connectivity index (χ0v) is 13.8. The zero-order chi connectivity index (χ0) is 16.8. The summed E-state index contributed by atoms with van der Waals surface area (Å²) in [6.45, 7) is 5.90. The second kappa shape index (κ2) is 6.35. The van der Waals surface area contributed by atoms with E-state index in [1.165, 1.54) is 17.0 Å². The largest absolute Gasteiger partial charge is 0.416 e. The van der Waals surface area contributed by atoms with E-state index in [-0.39, 0.29) is 25.4 Å². The highest BCUT2D eigenvalue weighted by Crippen LogP contribution is 2.32. The van der Waals surface area contributed by atoms with Crippen LogP contribution in [0.15, 0.2) is 37.0 Å². The number of carbonyl (C=O) groups is 1. The first kappa shape index (κ1) is 18.1. The van der Waals surface area contributed by atoms with E-state index in [9.17, 15) is 18.0 Å². The molecule has 0 spiro atoms. The lowest BCUT2D eigenvalue weighted by atomic mass is 10.1. The minimum absolute atomic E-state index is 0. The van der Waals surface area contributed by atoms with E-state index in [2.05, 4.69) is 11.7 Å². The van der Waals surface area contributed by atoms with Gasteiger partial charge in [-0.1, -0.05) is 12.7 Å². The summed E-state index contributed by atoms with van der Waals surface area (Å²) in [5.74, 6) is -0.296. The summed E-state index contributed by atoms with van der Waals surface area (Å²) in [6, 6.07) is 4.50. The Kier molecular flexibility index (Phi) is 4.80. The van der Waals surface area contributed by atoms with Gasteiger partial charge in [-0.05, 0) is 31.2 Å². The number of nitrogens with zero attached hydrogens (tertiary/aromatic N) is 3. The number of halogens is 3. The molecule has 2 aromatic rings. The minimum Gasteiger partial charge on any atom is -0.305 e. The summed E-state index contributed by atoms with van der Waals surface area (Å²) in [7, 11) is 0. The summed E-state index contributed by atoms with van der Waals surface area (Å²) < 4.78 is 39.6. The summed E-state index contributed by atoms with van der Waals surface area (Å²) in [5, 5.41) is 4.18. The van der Waals surface area contributed by atoms with Crippen LogP contribution in [0.25, 0.3) is 6.08 Å². The fourth-order valence-electron chi connectivity index (χ4n) is 2.69. The molecule has 0 saturated carbocycles. The van der Waals surface area contributed by atoms with Crippen molar-refractivity contribution in [3.8, 4) is 0 Å². The van der Waals surface area contributed by atoms with Gasteiger partial charge in [-0.15, -0.1) is 0 Å². The lowest BCUT2D eigenvalue weighted by Gasteiger charge is -2.32. The van der Waals surface area contributed by atoms with Gasteiger partial charge < -0.3 is 4.90 Å². The molecule has 0 N–H and O–H groups in total. The van der Waals surface area contributed by atoms with Crippen LogP contribution in [-0.2, 0) is 6.18 Å². The Hall–Kier alpha value is -2.22. The molecular weight excluding hydrogens is 339 g/mol. The monoisotopic (exact) mass is 355 g/mol. The number of fused-ring (bicyclic) bond motifs is 1. The number of aromatic nitrogens is 2. The fraction of sp³-hybridized carbons (Fsp3) is 0.250. The van der Waals surface area contributed by atoms with Gasteiger partial charge in [0, 0.05) is 17.8 Å². The van der Waals surface area contributed by atoms with E-state index >= 15 is 0 Å². The molecule has 1 aromatic heterocycles.